The average Bonchev–Trinajstić information content (AvgIpc) is 2.71. The Labute approximate surface area is 182 Å². The summed E-state index contributed by atoms with van der Waals surface area (Å²) >= 11 is 2.27. The number of halogens is 1. The van der Waals surface area contributed by atoms with Crippen molar-refractivity contribution in [1.82, 2.24) is 0 Å². The Bertz CT molecular complexity index is 249. The van der Waals surface area contributed by atoms with Crippen LogP contribution in [0.15, 0.2) is 0 Å². The SMILES string of the molecule is OCCOCCOCCOCCOCCOCCOCCOCCOCCI. The second-order valence-electron chi connectivity index (χ2n) is 5.31. The fourth-order valence-electron chi connectivity index (χ4n) is 1.76. The lowest BCUT2D eigenvalue weighted by molar-refractivity contribution is -0.0235. The summed E-state index contributed by atoms with van der Waals surface area (Å²) in [7, 11) is 0. The molecule has 0 aromatic carbocycles. The molecule has 0 aliphatic rings. The lowest BCUT2D eigenvalue weighted by Gasteiger charge is -2.08. The Kier molecular flexibility index (Phi) is 27.7. The summed E-state index contributed by atoms with van der Waals surface area (Å²) in [6.07, 6.45) is 0. The molecule has 0 unspecified atom stereocenters. The average molecular weight is 524 g/mol. The van der Waals surface area contributed by atoms with Crippen LogP contribution in [0.25, 0.3) is 0 Å². The number of aliphatic hydroxyl groups is 1. The van der Waals surface area contributed by atoms with Crippen LogP contribution in [-0.4, -0.2) is 122 Å². The van der Waals surface area contributed by atoms with Gasteiger partial charge in [0.15, 0.2) is 0 Å². The van der Waals surface area contributed by atoms with Gasteiger partial charge in [0.1, 0.15) is 0 Å². The van der Waals surface area contributed by atoms with Gasteiger partial charge in [-0.25, -0.2) is 0 Å². The zero-order valence-corrected chi connectivity index (χ0v) is 19.0. The van der Waals surface area contributed by atoms with E-state index in [1.165, 1.54) is 0 Å². The minimum atomic E-state index is 0.0347. The quantitative estimate of drug-likeness (QED) is 0.104. The summed E-state index contributed by atoms with van der Waals surface area (Å²) in [4.78, 5) is 0. The van der Waals surface area contributed by atoms with Gasteiger partial charge in [0.25, 0.3) is 0 Å². The fourth-order valence-corrected chi connectivity index (χ4v) is 2.07. The van der Waals surface area contributed by atoms with Gasteiger partial charge < -0.3 is 43.0 Å². The normalized spacial score (nSPS) is 11.4. The minimum Gasteiger partial charge on any atom is -0.394 e. The van der Waals surface area contributed by atoms with E-state index in [4.69, 9.17) is 43.0 Å². The van der Waals surface area contributed by atoms with Gasteiger partial charge in [-0.1, -0.05) is 22.6 Å². The third-order valence-corrected chi connectivity index (χ3v) is 3.50. The van der Waals surface area contributed by atoms with Crippen LogP contribution in [0.3, 0.4) is 0 Å². The number of alkyl halides is 1. The van der Waals surface area contributed by atoms with Crippen molar-refractivity contribution in [2.24, 2.45) is 0 Å². The molecular weight excluding hydrogens is 487 g/mol. The van der Waals surface area contributed by atoms with E-state index in [-0.39, 0.29) is 6.61 Å². The first kappa shape index (κ1) is 28.4. The maximum absolute atomic E-state index is 8.53. The number of hydrogen-bond donors (Lipinski definition) is 1. The van der Waals surface area contributed by atoms with Crippen LogP contribution in [0.2, 0.25) is 0 Å². The Morgan fingerprint density at radius 2 is 0.571 bits per heavy atom. The first-order valence-electron chi connectivity index (χ1n) is 9.70. The van der Waals surface area contributed by atoms with Crippen LogP contribution in [-0.2, 0) is 37.9 Å². The highest BCUT2D eigenvalue weighted by molar-refractivity contribution is 14.1. The highest BCUT2D eigenvalue weighted by Gasteiger charge is 1.94. The lowest BCUT2D eigenvalue weighted by atomic mass is 10.6. The van der Waals surface area contributed by atoms with Crippen molar-refractivity contribution in [3.8, 4) is 0 Å². The lowest BCUT2D eigenvalue weighted by Crippen LogP contribution is -2.15. The molecule has 0 amide bonds. The Hall–Kier alpha value is 0.370. The minimum absolute atomic E-state index is 0.0347. The zero-order chi connectivity index (χ0) is 20.4. The molecule has 10 heteroatoms. The van der Waals surface area contributed by atoms with Gasteiger partial charge in [-0.2, -0.15) is 0 Å². The van der Waals surface area contributed by atoms with E-state index in [2.05, 4.69) is 22.6 Å². The monoisotopic (exact) mass is 524 g/mol. The van der Waals surface area contributed by atoms with Gasteiger partial charge in [-0.3, -0.25) is 0 Å². The summed E-state index contributed by atoms with van der Waals surface area (Å²) in [5.74, 6) is 0. The predicted molar refractivity (Wildman–Crippen MR) is 113 cm³/mol. The molecule has 0 aromatic rings. The molecule has 0 atom stereocenters. The molecule has 28 heavy (non-hydrogen) atoms. The van der Waals surface area contributed by atoms with E-state index < -0.39 is 0 Å². The summed E-state index contributed by atoms with van der Waals surface area (Å²) < 4.78 is 43.6. The van der Waals surface area contributed by atoms with Gasteiger partial charge in [0.05, 0.1) is 112 Å². The number of ether oxygens (including phenoxy) is 8. The molecule has 0 heterocycles. The highest BCUT2D eigenvalue weighted by Crippen LogP contribution is 1.86. The molecular formula is C18H37IO9. The van der Waals surface area contributed by atoms with Crippen LogP contribution < -0.4 is 0 Å². The molecule has 0 aliphatic heterocycles. The van der Waals surface area contributed by atoms with Crippen LogP contribution in [0.5, 0.6) is 0 Å². The highest BCUT2D eigenvalue weighted by atomic mass is 127. The van der Waals surface area contributed by atoms with Gasteiger partial charge in [-0.15, -0.1) is 0 Å². The van der Waals surface area contributed by atoms with E-state index >= 15 is 0 Å². The smallest absolute Gasteiger partial charge is 0.0701 e. The molecule has 170 valence electrons. The standard InChI is InChI=1S/C18H37IO9/c19-1-3-21-5-7-23-9-11-25-13-15-27-17-18-28-16-14-26-12-10-24-8-6-22-4-2-20/h20H,1-18H2. The van der Waals surface area contributed by atoms with Crippen LogP contribution in [0.4, 0.5) is 0 Å². The number of rotatable bonds is 25. The molecule has 0 rings (SSSR count). The second kappa shape index (κ2) is 27.4. The third kappa shape index (κ3) is 26.4. The van der Waals surface area contributed by atoms with Crippen molar-refractivity contribution in [2.45, 2.75) is 0 Å². The van der Waals surface area contributed by atoms with E-state index in [1.54, 1.807) is 0 Å². The molecule has 0 aromatic heterocycles. The third-order valence-electron chi connectivity index (χ3n) is 3.06. The van der Waals surface area contributed by atoms with Gasteiger partial charge >= 0.3 is 0 Å². The zero-order valence-electron chi connectivity index (χ0n) is 16.8. The molecule has 0 radical (unpaired) electrons. The maximum Gasteiger partial charge on any atom is 0.0701 e. The molecule has 9 nitrogen and oxygen atoms in total. The molecule has 0 fully saturated rings. The summed E-state index contributed by atoms with van der Waals surface area (Å²) in [6.45, 7) is 8.73. The first-order valence-corrected chi connectivity index (χ1v) is 11.2. The maximum atomic E-state index is 8.53. The van der Waals surface area contributed by atoms with Crippen molar-refractivity contribution >= 4 is 22.6 Å². The molecule has 0 spiro atoms. The van der Waals surface area contributed by atoms with Crippen molar-refractivity contribution < 1.29 is 43.0 Å². The predicted octanol–water partition coefficient (Wildman–Crippen LogP) is 0.547. The molecule has 0 bridgehead atoms. The van der Waals surface area contributed by atoms with Gasteiger partial charge in [-0.05, 0) is 0 Å². The van der Waals surface area contributed by atoms with Gasteiger partial charge in [0, 0.05) is 4.43 Å². The summed E-state index contributed by atoms with van der Waals surface area (Å²) in [5.41, 5.74) is 0. The Morgan fingerprint density at radius 1 is 0.357 bits per heavy atom. The number of aliphatic hydroxyl groups excluding tert-OH is 1. The topological polar surface area (TPSA) is 94.1 Å². The Balaban J connectivity index is 2.96. The fraction of sp³-hybridized carbons (Fsp3) is 1.00. The van der Waals surface area contributed by atoms with Crippen molar-refractivity contribution in [3.63, 3.8) is 0 Å². The molecule has 1 N–H and O–H groups in total. The summed E-state index contributed by atoms with van der Waals surface area (Å²) in [5, 5.41) is 8.53. The number of hydrogen-bond acceptors (Lipinski definition) is 9. The van der Waals surface area contributed by atoms with Crippen molar-refractivity contribution in [2.75, 3.05) is 117 Å². The largest absolute Gasteiger partial charge is 0.394 e. The van der Waals surface area contributed by atoms with E-state index in [0.717, 1.165) is 11.0 Å². The molecule has 0 aliphatic carbocycles. The second-order valence-corrected chi connectivity index (χ2v) is 6.39. The van der Waals surface area contributed by atoms with Gasteiger partial charge in [0.2, 0.25) is 0 Å². The van der Waals surface area contributed by atoms with E-state index in [1.807, 2.05) is 0 Å². The van der Waals surface area contributed by atoms with E-state index in [0.29, 0.717) is 99.1 Å². The van der Waals surface area contributed by atoms with Crippen LogP contribution >= 0.6 is 22.6 Å². The first-order chi connectivity index (χ1) is 13.9. The Morgan fingerprint density at radius 3 is 0.786 bits per heavy atom. The van der Waals surface area contributed by atoms with Crippen LogP contribution in [0, 0.1) is 0 Å². The van der Waals surface area contributed by atoms with Crippen LogP contribution in [0.1, 0.15) is 0 Å². The summed E-state index contributed by atoms with van der Waals surface area (Å²) in [6, 6.07) is 0. The molecule has 0 saturated heterocycles. The van der Waals surface area contributed by atoms with Crippen molar-refractivity contribution in [3.05, 3.63) is 0 Å². The molecule has 0 saturated carbocycles. The van der Waals surface area contributed by atoms with E-state index in [9.17, 15) is 0 Å². The van der Waals surface area contributed by atoms with Crippen molar-refractivity contribution in [1.29, 1.82) is 0 Å².